The predicted molar refractivity (Wildman–Crippen MR) is 115 cm³/mol. The van der Waals surface area contributed by atoms with Gasteiger partial charge in [-0.3, -0.25) is 4.79 Å². The van der Waals surface area contributed by atoms with Gasteiger partial charge in [0, 0.05) is 6.42 Å². The fraction of sp³-hybridized carbons (Fsp3) is 0.875. The number of carbonyl (C=O) groups excluding carboxylic acids is 1. The van der Waals surface area contributed by atoms with Crippen molar-refractivity contribution in [2.75, 3.05) is 6.61 Å². The standard InChI is InChI=1S/C24H46O2/c1-3-5-7-8-9-10-11-12-13-14-15-16-17-18-19-20-21-22-24(25)26-23-6-4-2/h14-15H,3-13,16-23H2,1-2H3/b15-14+. The topological polar surface area (TPSA) is 26.3 Å². The smallest absolute Gasteiger partial charge is 0.305 e. The molecule has 0 radical (unpaired) electrons. The summed E-state index contributed by atoms with van der Waals surface area (Å²) in [7, 11) is 0. The molecule has 154 valence electrons. The van der Waals surface area contributed by atoms with Gasteiger partial charge in [0.1, 0.15) is 0 Å². The minimum absolute atomic E-state index is 0.0117. The largest absolute Gasteiger partial charge is 0.466 e. The second-order valence-corrected chi connectivity index (χ2v) is 7.62. The van der Waals surface area contributed by atoms with Crippen molar-refractivity contribution in [3.8, 4) is 0 Å². The normalized spacial score (nSPS) is 11.3. The highest BCUT2D eigenvalue weighted by molar-refractivity contribution is 5.69. The summed E-state index contributed by atoms with van der Waals surface area (Å²) in [4.78, 5) is 11.4. The molecule has 0 spiro atoms. The monoisotopic (exact) mass is 366 g/mol. The number of rotatable bonds is 20. The van der Waals surface area contributed by atoms with Gasteiger partial charge in [-0.05, 0) is 38.5 Å². The molecule has 0 aliphatic carbocycles. The lowest BCUT2D eigenvalue weighted by atomic mass is 10.1. The van der Waals surface area contributed by atoms with Crippen LogP contribution in [-0.4, -0.2) is 12.6 Å². The third kappa shape index (κ3) is 21.3. The second-order valence-electron chi connectivity index (χ2n) is 7.62. The zero-order valence-electron chi connectivity index (χ0n) is 17.9. The van der Waals surface area contributed by atoms with E-state index in [0.717, 1.165) is 25.7 Å². The molecule has 0 N–H and O–H groups in total. The van der Waals surface area contributed by atoms with Crippen molar-refractivity contribution in [3.63, 3.8) is 0 Å². The summed E-state index contributed by atoms with van der Waals surface area (Å²) in [5, 5.41) is 0. The average Bonchev–Trinajstić information content (AvgIpc) is 2.64. The molecule has 0 aromatic carbocycles. The van der Waals surface area contributed by atoms with Gasteiger partial charge in [-0.25, -0.2) is 0 Å². The van der Waals surface area contributed by atoms with Crippen LogP contribution in [0.25, 0.3) is 0 Å². The molecule has 0 saturated carbocycles. The average molecular weight is 367 g/mol. The fourth-order valence-corrected chi connectivity index (χ4v) is 3.10. The van der Waals surface area contributed by atoms with Crippen LogP contribution in [0.15, 0.2) is 12.2 Å². The molecular weight excluding hydrogens is 320 g/mol. The molecule has 0 fully saturated rings. The van der Waals surface area contributed by atoms with E-state index >= 15 is 0 Å². The molecule has 0 unspecified atom stereocenters. The molecule has 0 rings (SSSR count). The molecule has 0 saturated heterocycles. The van der Waals surface area contributed by atoms with E-state index in [-0.39, 0.29) is 5.97 Å². The Kier molecular flexibility index (Phi) is 21.6. The molecule has 0 bridgehead atoms. The maximum atomic E-state index is 11.4. The summed E-state index contributed by atoms with van der Waals surface area (Å²) >= 11 is 0. The van der Waals surface area contributed by atoms with Crippen LogP contribution in [0.3, 0.4) is 0 Å². The second kappa shape index (κ2) is 22.3. The Balaban J connectivity index is 3.16. The van der Waals surface area contributed by atoms with Gasteiger partial charge < -0.3 is 4.74 Å². The van der Waals surface area contributed by atoms with E-state index < -0.39 is 0 Å². The Labute approximate surface area is 164 Å². The third-order valence-electron chi connectivity index (χ3n) is 4.90. The molecule has 2 heteroatoms. The number of hydrogen-bond donors (Lipinski definition) is 0. The third-order valence-corrected chi connectivity index (χ3v) is 4.90. The molecule has 0 aliphatic rings. The molecule has 0 amide bonds. The first kappa shape index (κ1) is 25.2. The van der Waals surface area contributed by atoms with Gasteiger partial charge in [-0.1, -0.05) is 96.6 Å². The molecule has 0 aromatic heterocycles. The van der Waals surface area contributed by atoms with E-state index in [1.54, 1.807) is 0 Å². The molecule has 2 nitrogen and oxygen atoms in total. The summed E-state index contributed by atoms with van der Waals surface area (Å²) in [6.45, 7) is 4.99. The summed E-state index contributed by atoms with van der Waals surface area (Å²) < 4.78 is 5.16. The fourth-order valence-electron chi connectivity index (χ4n) is 3.10. The molecule has 0 aromatic rings. The van der Waals surface area contributed by atoms with E-state index in [9.17, 15) is 4.79 Å². The lowest BCUT2D eigenvalue weighted by Gasteiger charge is -2.03. The number of esters is 1. The van der Waals surface area contributed by atoms with Crippen LogP contribution in [0.5, 0.6) is 0 Å². The van der Waals surface area contributed by atoms with Crippen molar-refractivity contribution in [3.05, 3.63) is 12.2 Å². The summed E-state index contributed by atoms with van der Waals surface area (Å²) in [5.74, 6) is -0.0117. The van der Waals surface area contributed by atoms with Crippen LogP contribution >= 0.6 is 0 Å². The van der Waals surface area contributed by atoms with Crippen molar-refractivity contribution >= 4 is 5.97 Å². The SMILES string of the molecule is CCCCCCCCCC/C=C/CCCCCCCC(=O)OCCCC. The zero-order chi connectivity index (χ0) is 19.1. The molecule has 0 atom stereocenters. The van der Waals surface area contributed by atoms with Crippen molar-refractivity contribution in [1.82, 2.24) is 0 Å². The molecule has 0 aliphatic heterocycles. The van der Waals surface area contributed by atoms with Gasteiger partial charge in [0.15, 0.2) is 0 Å². The minimum atomic E-state index is -0.0117. The molecular formula is C24H46O2. The first-order valence-corrected chi connectivity index (χ1v) is 11.6. The van der Waals surface area contributed by atoms with E-state index in [0.29, 0.717) is 13.0 Å². The van der Waals surface area contributed by atoms with Crippen LogP contribution in [0.1, 0.15) is 129 Å². The highest BCUT2D eigenvalue weighted by Gasteiger charge is 2.01. The van der Waals surface area contributed by atoms with Crippen LogP contribution in [0.4, 0.5) is 0 Å². The Morgan fingerprint density at radius 1 is 0.615 bits per heavy atom. The first-order chi connectivity index (χ1) is 12.8. The van der Waals surface area contributed by atoms with Crippen molar-refractivity contribution in [1.29, 1.82) is 0 Å². The van der Waals surface area contributed by atoms with Gasteiger partial charge >= 0.3 is 5.97 Å². The lowest BCUT2D eigenvalue weighted by Crippen LogP contribution is -2.05. The van der Waals surface area contributed by atoms with Gasteiger partial charge in [0.2, 0.25) is 0 Å². The first-order valence-electron chi connectivity index (χ1n) is 11.6. The number of allylic oxidation sites excluding steroid dienone is 2. The summed E-state index contributed by atoms with van der Waals surface area (Å²) in [6.07, 6.45) is 27.1. The van der Waals surface area contributed by atoms with Crippen molar-refractivity contribution in [2.24, 2.45) is 0 Å². The summed E-state index contributed by atoms with van der Waals surface area (Å²) in [6, 6.07) is 0. The maximum absolute atomic E-state index is 11.4. The number of unbranched alkanes of at least 4 members (excludes halogenated alkanes) is 14. The van der Waals surface area contributed by atoms with E-state index in [1.165, 1.54) is 83.5 Å². The quantitative estimate of drug-likeness (QED) is 0.123. The Morgan fingerprint density at radius 3 is 1.62 bits per heavy atom. The number of ether oxygens (including phenoxy) is 1. The molecule has 0 heterocycles. The van der Waals surface area contributed by atoms with Crippen LogP contribution in [0, 0.1) is 0 Å². The van der Waals surface area contributed by atoms with E-state index in [1.807, 2.05) is 0 Å². The lowest BCUT2D eigenvalue weighted by molar-refractivity contribution is -0.143. The Morgan fingerprint density at radius 2 is 1.08 bits per heavy atom. The highest BCUT2D eigenvalue weighted by atomic mass is 16.5. The Bertz CT molecular complexity index is 309. The van der Waals surface area contributed by atoms with Gasteiger partial charge in [-0.15, -0.1) is 0 Å². The predicted octanol–water partition coefficient (Wildman–Crippen LogP) is 8.15. The zero-order valence-corrected chi connectivity index (χ0v) is 17.9. The van der Waals surface area contributed by atoms with E-state index in [2.05, 4.69) is 26.0 Å². The van der Waals surface area contributed by atoms with Crippen LogP contribution in [0.2, 0.25) is 0 Å². The van der Waals surface area contributed by atoms with Crippen LogP contribution < -0.4 is 0 Å². The number of carbonyl (C=O) groups is 1. The number of hydrogen-bond acceptors (Lipinski definition) is 2. The Hall–Kier alpha value is -0.790. The van der Waals surface area contributed by atoms with E-state index in [4.69, 9.17) is 4.74 Å². The van der Waals surface area contributed by atoms with Crippen LogP contribution in [-0.2, 0) is 9.53 Å². The van der Waals surface area contributed by atoms with Gasteiger partial charge in [0.05, 0.1) is 6.61 Å². The molecule has 26 heavy (non-hydrogen) atoms. The summed E-state index contributed by atoms with van der Waals surface area (Å²) in [5.41, 5.74) is 0. The van der Waals surface area contributed by atoms with Gasteiger partial charge in [-0.2, -0.15) is 0 Å². The maximum Gasteiger partial charge on any atom is 0.305 e. The highest BCUT2D eigenvalue weighted by Crippen LogP contribution is 2.11. The van der Waals surface area contributed by atoms with Crippen molar-refractivity contribution in [2.45, 2.75) is 129 Å². The van der Waals surface area contributed by atoms with Gasteiger partial charge in [0.25, 0.3) is 0 Å². The minimum Gasteiger partial charge on any atom is -0.466 e. The van der Waals surface area contributed by atoms with Crippen molar-refractivity contribution < 1.29 is 9.53 Å².